The fraction of sp³-hybridized carbons (Fsp3) is 0.726. The average Bonchev–Trinajstić information content (AvgIpc) is 3.33. The number of allylic oxidation sites excluding steroid dienone is 16. The van der Waals surface area contributed by atoms with Gasteiger partial charge in [0, 0.05) is 13.0 Å². The monoisotopic (exact) mass is 1010 g/mol. The van der Waals surface area contributed by atoms with Crippen LogP contribution in [0.25, 0.3) is 0 Å². The van der Waals surface area contributed by atoms with Crippen molar-refractivity contribution in [2.24, 2.45) is 0 Å². The van der Waals surface area contributed by atoms with Crippen LogP contribution in [0.15, 0.2) is 97.2 Å². The van der Waals surface area contributed by atoms with Crippen LogP contribution in [0.4, 0.5) is 0 Å². The van der Waals surface area contributed by atoms with E-state index in [-0.39, 0.29) is 25.8 Å². The second-order valence-corrected chi connectivity index (χ2v) is 21.7. The molecule has 2 unspecified atom stereocenters. The summed E-state index contributed by atoms with van der Waals surface area (Å²) in [6.07, 6.45) is 74.5. The van der Waals surface area contributed by atoms with E-state index in [1.807, 2.05) is 21.1 Å². The number of rotatable bonds is 53. The van der Waals surface area contributed by atoms with E-state index in [0.717, 1.165) is 89.9 Å². The van der Waals surface area contributed by atoms with Gasteiger partial charge in [-0.05, 0) is 96.3 Å². The van der Waals surface area contributed by atoms with Gasteiger partial charge in [-0.2, -0.15) is 0 Å². The molecular weight excluding hydrogens is 902 g/mol. The normalized spacial score (nSPS) is 14.2. The molecule has 71 heavy (non-hydrogen) atoms. The van der Waals surface area contributed by atoms with Crippen LogP contribution in [0.5, 0.6) is 0 Å². The Bertz CT molecular complexity index is 1460. The van der Waals surface area contributed by atoms with Crippen LogP contribution in [0.1, 0.15) is 232 Å². The lowest BCUT2D eigenvalue weighted by molar-refractivity contribution is -0.870. The highest BCUT2D eigenvalue weighted by atomic mass is 31.2. The first kappa shape index (κ1) is 68.4. The zero-order chi connectivity index (χ0) is 51.9. The van der Waals surface area contributed by atoms with Gasteiger partial charge in [-0.3, -0.25) is 9.36 Å². The van der Waals surface area contributed by atoms with Gasteiger partial charge >= 0.3 is 5.97 Å². The van der Waals surface area contributed by atoms with Crippen molar-refractivity contribution in [2.45, 2.75) is 238 Å². The Morgan fingerprint density at radius 3 is 1.23 bits per heavy atom. The van der Waals surface area contributed by atoms with Crippen LogP contribution < -0.4 is 4.89 Å². The quantitative estimate of drug-likeness (QED) is 0.0197. The summed E-state index contributed by atoms with van der Waals surface area (Å²) >= 11 is 0. The lowest BCUT2D eigenvalue weighted by Crippen LogP contribution is -2.37. The number of phosphoric acid groups is 1. The van der Waals surface area contributed by atoms with Crippen molar-refractivity contribution in [3.8, 4) is 0 Å². The molecule has 0 radical (unpaired) electrons. The molecule has 0 rings (SSSR count). The van der Waals surface area contributed by atoms with Gasteiger partial charge in [0.2, 0.25) is 0 Å². The molecule has 0 aromatic rings. The summed E-state index contributed by atoms with van der Waals surface area (Å²) in [5.41, 5.74) is 0. The van der Waals surface area contributed by atoms with E-state index in [1.165, 1.54) is 122 Å². The molecule has 0 aliphatic heterocycles. The number of hydrogen-bond donors (Lipinski definition) is 0. The van der Waals surface area contributed by atoms with E-state index in [2.05, 4.69) is 111 Å². The van der Waals surface area contributed by atoms with Gasteiger partial charge in [0.1, 0.15) is 19.3 Å². The van der Waals surface area contributed by atoms with Crippen molar-refractivity contribution in [1.82, 2.24) is 0 Å². The average molecular weight is 1010 g/mol. The van der Waals surface area contributed by atoms with Crippen molar-refractivity contribution in [2.75, 3.05) is 54.1 Å². The minimum absolute atomic E-state index is 0.0171. The second kappa shape index (κ2) is 53.7. The minimum Gasteiger partial charge on any atom is -0.756 e. The maximum Gasteiger partial charge on any atom is 0.306 e. The van der Waals surface area contributed by atoms with Crippen molar-refractivity contribution < 1.29 is 37.3 Å². The Morgan fingerprint density at radius 2 is 0.817 bits per heavy atom. The Morgan fingerprint density at radius 1 is 0.451 bits per heavy atom. The van der Waals surface area contributed by atoms with E-state index in [0.29, 0.717) is 24.1 Å². The maximum absolute atomic E-state index is 12.8. The van der Waals surface area contributed by atoms with Gasteiger partial charge in [0.05, 0.1) is 34.4 Å². The number of unbranched alkanes of at least 4 members (excludes halogenated alkanes) is 23. The van der Waals surface area contributed by atoms with Crippen molar-refractivity contribution in [3.63, 3.8) is 0 Å². The maximum atomic E-state index is 12.8. The standard InChI is InChI=1S/C62H110NO7P/c1-6-8-10-12-14-16-18-20-22-24-26-28-30-32-33-35-37-39-41-43-45-47-49-51-53-55-62(64)70-61(60-69-71(65,66)68-58-56-63(3,4)5)59-67-57-54-52-50-48-46-44-42-40-38-36-34-31-29-27-25-23-21-19-17-15-13-11-9-7-2/h9,11,15,17-18,20-21,23-24,26-27,29,34,36,40,42,61H,6-8,10,12-14,16,19,22,25,28,30-33,35,37-39,41,43-60H2,1-5H3/b11-9-,17-15-,20-18-,23-21-,26-24-,29-27-,36-34-,42-40-. The highest BCUT2D eigenvalue weighted by Crippen LogP contribution is 2.38. The first-order chi connectivity index (χ1) is 34.6. The zero-order valence-electron chi connectivity index (χ0n) is 46.6. The topological polar surface area (TPSA) is 94.1 Å². The molecule has 0 fully saturated rings. The van der Waals surface area contributed by atoms with E-state index in [1.54, 1.807) is 0 Å². The van der Waals surface area contributed by atoms with Gasteiger partial charge in [-0.15, -0.1) is 0 Å². The molecule has 0 saturated carbocycles. The number of carbonyl (C=O) groups is 1. The molecule has 0 bridgehead atoms. The highest BCUT2D eigenvalue weighted by Gasteiger charge is 2.20. The van der Waals surface area contributed by atoms with Gasteiger partial charge in [0.25, 0.3) is 7.82 Å². The number of esters is 1. The lowest BCUT2D eigenvalue weighted by atomic mass is 10.0. The van der Waals surface area contributed by atoms with Crippen molar-refractivity contribution in [3.05, 3.63) is 97.2 Å². The number of phosphoric ester groups is 1. The van der Waals surface area contributed by atoms with Crippen molar-refractivity contribution >= 4 is 13.8 Å². The predicted molar refractivity (Wildman–Crippen MR) is 305 cm³/mol. The summed E-state index contributed by atoms with van der Waals surface area (Å²) < 4.78 is 34.8. The van der Waals surface area contributed by atoms with Crippen LogP contribution >= 0.6 is 7.82 Å². The third kappa shape index (κ3) is 58.2. The van der Waals surface area contributed by atoms with Crippen LogP contribution in [-0.2, 0) is 27.9 Å². The summed E-state index contributed by atoms with van der Waals surface area (Å²) in [5.74, 6) is -0.344. The fourth-order valence-electron chi connectivity index (χ4n) is 7.70. The number of hydrogen-bond acceptors (Lipinski definition) is 7. The summed E-state index contributed by atoms with van der Waals surface area (Å²) in [6.45, 7) is 5.24. The fourth-order valence-corrected chi connectivity index (χ4v) is 8.43. The van der Waals surface area contributed by atoms with Gasteiger partial charge in [-0.1, -0.05) is 227 Å². The summed E-state index contributed by atoms with van der Waals surface area (Å²) in [4.78, 5) is 25.3. The number of carbonyl (C=O) groups excluding carboxylic acids is 1. The molecule has 0 aromatic heterocycles. The molecule has 0 aliphatic rings. The van der Waals surface area contributed by atoms with Crippen LogP contribution in [0.2, 0.25) is 0 Å². The number of ether oxygens (including phenoxy) is 2. The molecule has 0 amide bonds. The Labute approximate surface area is 438 Å². The molecule has 9 heteroatoms. The largest absolute Gasteiger partial charge is 0.756 e. The zero-order valence-corrected chi connectivity index (χ0v) is 47.5. The first-order valence-corrected chi connectivity index (χ1v) is 30.4. The minimum atomic E-state index is -4.55. The van der Waals surface area contributed by atoms with Crippen LogP contribution in [0, 0.1) is 0 Å². The van der Waals surface area contributed by atoms with Crippen LogP contribution in [-0.4, -0.2) is 70.7 Å². The van der Waals surface area contributed by atoms with Gasteiger partial charge < -0.3 is 27.9 Å². The van der Waals surface area contributed by atoms with E-state index in [9.17, 15) is 14.3 Å². The van der Waals surface area contributed by atoms with E-state index < -0.39 is 13.9 Å². The van der Waals surface area contributed by atoms with Crippen molar-refractivity contribution in [1.29, 1.82) is 0 Å². The smallest absolute Gasteiger partial charge is 0.306 e. The molecular formula is C62H110NO7P. The molecule has 2 atom stereocenters. The first-order valence-electron chi connectivity index (χ1n) is 29.0. The Balaban J connectivity index is 4.14. The third-order valence-electron chi connectivity index (χ3n) is 12.1. The van der Waals surface area contributed by atoms with E-state index >= 15 is 0 Å². The molecule has 0 aromatic carbocycles. The Kier molecular flexibility index (Phi) is 51.8. The predicted octanol–water partition coefficient (Wildman–Crippen LogP) is 17.9. The molecule has 0 heterocycles. The molecule has 410 valence electrons. The summed E-state index contributed by atoms with van der Waals surface area (Å²) in [7, 11) is 1.33. The molecule has 0 saturated heterocycles. The van der Waals surface area contributed by atoms with Crippen LogP contribution in [0.3, 0.4) is 0 Å². The second-order valence-electron chi connectivity index (χ2n) is 20.3. The van der Waals surface area contributed by atoms with Gasteiger partial charge in [-0.25, -0.2) is 0 Å². The molecule has 8 nitrogen and oxygen atoms in total. The third-order valence-corrected chi connectivity index (χ3v) is 13.1. The number of likely N-dealkylation sites (N-methyl/N-ethyl adjacent to an activating group) is 1. The lowest BCUT2D eigenvalue weighted by Gasteiger charge is -2.28. The summed E-state index contributed by atoms with van der Waals surface area (Å²) in [6, 6.07) is 0. The SMILES string of the molecule is CC/C=C\C/C=C\C/C=C\C/C=C\C/C=C\C/C=C\CCCCCCCOCC(COP(=O)([O-])OCC[N+](C)(C)C)OC(=O)CCCCCCCCCCCCCCC/C=C\C/C=C\CCCCCCC. The molecule has 0 N–H and O–H groups in total. The van der Waals surface area contributed by atoms with Gasteiger partial charge in [0.15, 0.2) is 0 Å². The number of quaternary nitrogens is 1. The molecule has 0 aliphatic carbocycles. The Hall–Kier alpha value is -2.58. The summed E-state index contributed by atoms with van der Waals surface area (Å²) in [5, 5.41) is 0. The highest BCUT2D eigenvalue weighted by molar-refractivity contribution is 7.45. The number of nitrogens with zero attached hydrogens (tertiary/aromatic N) is 1. The van der Waals surface area contributed by atoms with E-state index in [4.69, 9.17) is 18.5 Å². The molecule has 0 spiro atoms.